The molecule has 0 aromatic heterocycles. The molecule has 9 heteroatoms. The average molecular weight is 562 g/mol. The highest BCUT2D eigenvalue weighted by molar-refractivity contribution is 6.06. The zero-order chi connectivity index (χ0) is 30.1. The summed E-state index contributed by atoms with van der Waals surface area (Å²) in [4.78, 5) is 67.0. The Kier molecular flexibility index (Phi) is 8.38. The number of benzene rings is 2. The van der Waals surface area contributed by atoms with Gasteiger partial charge in [-0.1, -0.05) is 68.8 Å². The third-order valence-electron chi connectivity index (χ3n) is 7.74. The predicted octanol–water partition coefficient (Wildman–Crippen LogP) is 3.83. The van der Waals surface area contributed by atoms with Crippen LogP contribution in [-0.4, -0.2) is 58.5 Å². The van der Waals surface area contributed by atoms with Gasteiger partial charge in [-0.25, -0.2) is 9.69 Å². The monoisotopic (exact) mass is 561 g/mol. The zero-order valence-corrected chi connectivity index (χ0v) is 24.7. The summed E-state index contributed by atoms with van der Waals surface area (Å²) in [5.41, 5.74) is 2.23. The van der Waals surface area contributed by atoms with Crippen molar-refractivity contribution in [3.8, 4) is 0 Å². The predicted molar refractivity (Wildman–Crippen MR) is 153 cm³/mol. The van der Waals surface area contributed by atoms with Gasteiger partial charge in [0.25, 0.3) is 5.91 Å². The summed E-state index contributed by atoms with van der Waals surface area (Å²) < 4.78 is 5.71. The smallest absolute Gasteiger partial charge is 0.418 e. The summed E-state index contributed by atoms with van der Waals surface area (Å²) in [6, 6.07) is 12.8. The van der Waals surface area contributed by atoms with Crippen LogP contribution in [0.1, 0.15) is 68.9 Å². The third kappa shape index (κ3) is 6.34. The number of carbonyl (C=O) groups is 5. The van der Waals surface area contributed by atoms with Gasteiger partial charge in [0.15, 0.2) is 0 Å². The highest BCUT2D eigenvalue weighted by atomic mass is 16.6. The first-order valence-electron chi connectivity index (χ1n) is 14.0. The fourth-order valence-electron chi connectivity index (χ4n) is 5.33. The molecule has 0 unspecified atom stereocenters. The first-order valence-corrected chi connectivity index (χ1v) is 14.0. The number of fused-ring (bicyclic) bond motifs is 2. The number of ketones is 1. The van der Waals surface area contributed by atoms with Crippen LogP contribution in [-0.2, 0) is 48.9 Å². The van der Waals surface area contributed by atoms with Crippen LogP contribution in [0.4, 0.5) is 4.79 Å². The third-order valence-corrected chi connectivity index (χ3v) is 7.74. The molecule has 2 aromatic rings. The maximum Gasteiger partial charge on any atom is 0.418 e. The van der Waals surface area contributed by atoms with E-state index < -0.39 is 41.5 Å². The summed E-state index contributed by atoms with van der Waals surface area (Å²) in [6.07, 6.45) is 0.239. The number of hydrogen-bond acceptors (Lipinski definition) is 6. The number of aryl methyl sites for hydroxylation is 2. The lowest BCUT2D eigenvalue weighted by atomic mass is 9.93. The summed E-state index contributed by atoms with van der Waals surface area (Å²) in [5.74, 6) is -1.09. The van der Waals surface area contributed by atoms with Crippen molar-refractivity contribution in [2.45, 2.75) is 79.0 Å². The van der Waals surface area contributed by atoms with E-state index in [0.29, 0.717) is 18.4 Å². The Hall–Kier alpha value is -4.01. The van der Waals surface area contributed by atoms with Crippen LogP contribution in [0.25, 0.3) is 0 Å². The van der Waals surface area contributed by atoms with Crippen LogP contribution >= 0.6 is 0 Å². The molecular formula is C32H39N3O6. The molecule has 2 atom stereocenters. The molecule has 41 heavy (non-hydrogen) atoms. The maximum absolute atomic E-state index is 13.7. The largest absolute Gasteiger partial charge is 0.427 e. The molecule has 4 rings (SSSR count). The molecular weight excluding hydrogens is 522 g/mol. The number of nitrogens with zero attached hydrogens (tertiary/aromatic N) is 2. The van der Waals surface area contributed by atoms with E-state index in [1.54, 1.807) is 17.0 Å². The molecule has 0 radical (unpaired) electrons. The number of carbonyl (C=O) groups excluding carboxylic acids is 5. The summed E-state index contributed by atoms with van der Waals surface area (Å²) in [7, 11) is 0. The van der Waals surface area contributed by atoms with E-state index >= 15 is 0 Å². The number of nitrogens with one attached hydrogen (secondary N) is 1. The lowest BCUT2D eigenvalue weighted by Crippen LogP contribution is -2.50. The van der Waals surface area contributed by atoms with E-state index in [9.17, 15) is 24.0 Å². The molecule has 2 aliphatic rings. The van der Waals surface area contributed by atoms with Crippen molar-refractivity contribution in [1.82, 2.24) is 15.1 Å². The van der Waals surface area contributed by atoms with E-state index in [0.717, 1.165) is 27.2 Å². The molecule has 4 amide bonds. The lowest BCUT2D eigenvalue weighted by molar-refractivity contribution is -0.143. The minimum atomic E-state index is -1.46. The quantitative estimate of drug-likeness (QED) is 0.498. The second-order valence-electron chi connectivity index (χ2n) is 12.3. The Bertz CT molecular complexity index is 1380. The molecule has 1 saturated heterocycles. The number of rotatable bonds is 9. The minimum absolute atomic E-state index is 0.0353. The molecule has 1 fully saturated rings. The Morgan fingerprint density at radius 3 is 2.37 bits per heavy atom. The van der Waals surface area contributed by atoms with Crippen molar-refractivity contribution in [3.05, 3.63) is 70.3 Å². The highest BCUT2D eigenvalue weighted by Gasteiger charge is 2.58. The number of imide groups is 1. The summed E-state index contributed by atoms with van der Waals surface area (Å²) >= 11 is 0. The molecule has 1 N–H and O–H groups in total. The van der Waals surface area contributed by atoms with Crippen LogP contribution in [0.2, 0.25) is 0 Å². The van der Waals surface area contributed by atoms with Crippen molar-refractivity contribution in [2.24, 2.45) is 5.41 Å². The molecule has 1 aliphatic carbocycles. The van der Waals surface area contributed by atoms with E-state index in [4.69, 9.17) is 4.74 Å². The van der Waals surface area contributed by atoms with E-state index in [1.807, 2.05) is 65.0 Å². The van der Waals surface area contributed by atoms with Crippen molar-refractivity contribution in [1.29, 1.82) is 0 Å². The molecule has 0 saturated carbocycles. The van der Waals surface area contributed by atoms with Crippen LogP contribution in [0.15, 0.2) is 42.5 Å². The second kappa shape index (κ2) is 11.5. The van der Waals surface area contributed by atoms with Gasteiger partial charge in [0, 0.05) is 43.0 Å². The Balaban J connectivity index is 1.54. The second-order valence-corrected chi connectivity index (χ2v) is 12.3. The van der Waals surface area contributed by atoms with Gasteiger partial charge in [-0.3, -0.25) is 19.2 Å². The van der Waals surface area contributed by atoms with E-state index in [-0.39, 0.29) is 31.2 Å². The van der Waals surface area contributed by atoms with Crippen LogP contribution in [0.3, 0.4) is 0 Å². The van der Waals surface area contributed by atoms with Gasteiger partial charge in [-0.15, -0.1) is 0 Å². The van der Waals surface area contributed by atoms with E-state index in [2.05, 4.69) is 5.32 Å². The van der Waals surface area contributed by atoms with Crippen molar-refractivity contribution >= 4 is 29.6 Å². The Labute approximate surface area is 241 Å². The zero-order valence-electron chi connectivity index (χ0n) is 24.7. The Morgan fingerprint density at radius 1 is 1.07 bits per heavy atom. The SMILES string of the molecule is CC(=O)Cc1ccc2c(c1)CC[C@@]21OC(=O)N(CC(=O)N(Cc2ccc(C)cc2)[C@@H](C)CNC(=O)C(C)(C)C)C1=O. The van der Waals surface area contributed by atoms with Gasteiger partial charge < -0.3 is 15.0 Å². The van der Waals surface area contributed by atoms with Gasteiger partial charge >= 0.3 is 6.09 Å². The fraction of sp³-hybridized carbons (Fsp3) is 0.469. The molecule has 9 nitrogen and oxygen atoms in total. The number of ether oxygens (including phenoxy) is 1. The molecule has 1 heterocycles. The topological polar surface area (TPSA) is 113 Å². The van der Waals surface area contributed by atoms with Gasteiger partial charge in [0.1, 0.15) is 12.3 Å². The standard InChI is InChI=1S/C32H39N3O6/c1-20-7-9-23(10-8-20)18-34(21(2)17-33-28(38)31(4,5)6)27(37)19-35-29(39)32(41-30(35)40)14-13-25-16-24(15-22(3)36)11-12-26(25)32/h7-12,16,21H,13-15,17-19H2,1-6H3,(H,33,38)/t21-,32+/m0/s1. The molecule has 1 aliphatic heterocycles. The first-order chi connectivity index (χ1) is 19.2. The number of hydrogen-bond donors (Lipinski definition) is 1. The summed E-state index contributed by atoms with van der Waals surface area (Å²) in [5, 5.41) is 2.90. The van der Waals surface area contributed by atoms with Gasteiger partial charge in [0.05, 0.1) is 0 Å². The van der Waals surface area contributed by atoms with Crippen LogP contribution in [0, 0.1) is 12.3 Å². The average Bonchev–Trinajstić information content (AvgIpc) is 3.37. The Morgan fingerprint density at radius 2 is 1.73 bits per heavy atom. The number of Topliss-reactive ketones (excluding diaryl/α,β-unsaturated/α-hetero) is 1. The maximum atomic E-state index is 13.7. The lowest BCUT2D eigenvalue weighted by Gasteiger charge is -2.31. The van der Waals surface area contributed by atoms with Gasteiger partial charge in [-0.05, 0) is 43.9 Å². The fourth-order valence-corrected chi connectivity index (χ4v) is 5.33. The van der Waals surface area contributed by atoms with Crippen LogP contribution in [0.5, 0.6) is 0 Å². The van der Waals surface area contributed by atoms with Crippen molar-refractivity contribution < 1.29 is 28.7 Å². The molecule has 218 valence electrons. The minimum Gasteiger partial charge on any atom is -0.427 e. The summed E-state index contributed by atoms with van der Waals surface area (Å²) in [6.45, 7) is 10.8. The van der Waals surface area contributed by atoms with Gasteiger partial charge in [0.2, 0.25) is 17.4 Å². The van der Waals surface area contributed by atoms with Crippen LogP contribution < -0.4 is 5.32 Å². The molecule has 0 bridgehead atoms. The molecule has 1 spiro atoms. The normalized spacial score (nSPS) is 18.7. The van der Waals surface area contributed by atoms with Gasteiger partial charge in [-0.2, -0.15) is 0 Å². The number of amides is 4. The van der Waals surface area contributed by atoms with Crippen molar-refractivity contribution in [3.63, 3.8) is 0 Å². The van der Waals surface area contributed by atoms with E-state index in [1.165, 1.54) is 6.92 Å². The molecule has 2 aromatic carbocycles. The first kappa shape index (κ1) is 30.0. The van der Waals surface area contributed by atoms with Crippen molar-refractivity contribution in [2.75, 3.05) is 13.1 Å². The highest BCUT2D eigenvalue weighted by Crippen LogP contribution is 2.45.